The lowest BCUT2D eigenvalue weighted by molar-refractivity contribution is -0.137. The fourth-order valence-electron chi connectivity index (χ4n) is 4.15. The summed E-state index contributed by atoms with van der Waals surface area (Å²) >= 11 is 1.33. The van der Waals surface area contributed by atoms with E-state index in [-0.39, 0.29) is 18.1 Å². The number of hydrogen-bond acceptors (Lipinski definition) is 5. The summed E-state index contributed by atoms with van der Waals surface area (Å²) in [6, 6.07) is 10.3. The van der Waals surface area contributed by atoms with Crippen molar-refractivity contribution in [2.45, 2.75) is 44.8 Å². The van der Waals surface area contributed by atoms with E-state index >= 15 is 0 Å². The van der Waals surface area contributed by atoms with E-state index in [0.29, 0.717) is 34.2 Å². The van der Waals surface area contributed by atoms with E-state index in [2.05, 4.69) is 10.3 Å². The zero-order valence-electron chi connectivity index (χ0n) is 19.4. The van der Waals surface area contributed by atoms with Crippen molar-refractivity contribution in [1.82, 2.24) is 14.5 Å². The van der Waals surface area contributed by atoms with Crippen LogP contribution in [0.1, 0.15) is 53.1 Å². The van der Waals surface area contributed by atoms with Crippen LogP contribution < -0.4 is 5.32 Å². The van der Waals surface area contributed by atoms with Crippen molar-refractivity contribution in [3.63, 3.8) is 0 Å². The molecular formula is C26H23F3N4O2S. The highest BCUT2D eigenvalue weighted by molar-refractivity contribution is 7.07. The summed E-state index contributed by atoms with van der Waals surface area (Å²) in [7, 11) is 0. The number of benzene rings is 2. The Morgan fingerprint density at radius 3 is 2.69 bits per heavy atom. The summed E-state index contributed by atoms with van der Waals surface area (Å²) in [5, 5.41) is 4.47. The molecule has 5 rings (SSSR count). The topological polar surface area (TPSA) is 76.9 Å². The van der Waals surface area contributed by atoms with E-state index < -0.39 is 17.7 Å². The maximum absolute atomic E-state index is 13.2. The van der Waals surface area contributed by atoms with Crippen LogP contribution in [-0.2, 0) is 23.9 Å². The number of thiazole rings is 1. The maximum Gasteiger partial charge on any atom is 0.416 e. The number of imidazole rings is 1. The first kappa shape index (κ1) is 24.2. The Hall–Kier alpha value is -3.53. The molecule has 0 bridgehead atoms. The van der Waals surface area contributed by atoms with Crippen molar-refractivity contribution in [2.24, 2.45) is 5.92 Å². The summed E-state index contributed by atoms with van der Waals surface area (Å²) in [4.78, 5) is 34.2. The van der Waals surface area contributed by atoms with Crippen LogP contribution in [0.15, 0.2) is 53.4 Å². The Balaban J connectivity index is 1.40. The van der Waals surface area contributed by atoms with Crippen LogP contribution in [0, 0.1) is 5.92 Å². The van der Waals surface area contributed by atoms with Gasteiger partial charge < -0.3 is 9.88 Å². The van der Waals surface area contributed by atoms with Crippen molar-refractivity contribution >= 4 is 39.7 Å². The molecule has 186 valence electrons. The third kappa shape index (κ3) is 5.18. The lowest BCUT2D eigenvalue weighted by Crippen LogP contribution is -2.17. The number of carbonyl (C=O) groups excluding carboxylic acids is 2. The molecule has 1 N–H and O–H groups in total. The third-order valence-electron chi connectivity index (χ3n) is 6.42. The first-order valence-electron chi connectivity index (χ1n) is 11.6. The van der Waals surface area contributed by atoms with Gasteiger partial charge >= 0.3 is 6.18 Å². The quantitative estimate of drug-likeness (QED) is 0.310. The van der Waals surface area contributed by atoms with Crippen LogP contribution >= 0.6 is 11.3 Å². The number of Topliss-reactive ketones (excluding diaryl/α,β-unsaturated/α-hetero) is 1. The number of rotatable bonds is 8. The Morgan fingerprint density at radius 2 is 2.00 bits per heavy atom. The summed E-state index contributed by atoms with van der Waals surface area (Å²) in [5.74, 6) is -0.156. The summed E-state index contributed by atoms with van der Waals surface area (Å²) in [6.45, 7) is 2.35. The molecule has 0 aliphatic heterocycles. The lowest BCUT2D eigenvalue weighted by Gasteiger charge is -2.14. The zero-order chi connectivity index (χ0) is 25.4. The summed E-state index contributed by atoms with van der Waals surface area (Å²) < 4.78 is 41.4. The molecule has 2 aromatic carbocycles. The molecule has 0 saturated heterocycles. The summed E-state index contributed by atoms with van der Waals surface area (Å²) in [6.07, 6.45) is -2.26. The van der Waals surface area contributed by atoms with Gasteiger partial charge in [0.15, 0.2) is 0 Å². The van der Waals surface area contributed by atoms with Crippen molar-refractivity contribution in [2.75, 3.05) is 5.32 Å². The van der Waals surface area contributed by atoms with Gasteiger partial charge in [-0.05, 0) is 48.6 Å². The van der Waals surface area contributed by atoms with Gasteiger partial charge in [0.25, 0.3) is 5.91 Å². The molecule has 1 fully saturated rings. The van der Waals surface area contributed by atoms with E-state index in [9.17, 15) is 22.8 Å². The molecule has 4 aromatic rings. The predicted molar refractivity (Wildman–Crippen MR) is 131 cm³/mol. The molecule has 2 aromatic heterocycles. The summed E-state index contributed by atoms with van der Waals surface area (Å²) in [5.41, 5.74) is 3.52. The first-order chi connectivity index (χ1) is 17.2. The molecule has 0 radical (unpaired) electrons. The molecule has 1 unspecified atom stereocenters. The van der Waals surface area contributed by atoms with Crippen LogP contribution in [-0.4, -0.2) is 26.2 Å². The zero-order valence-corrected chi connectivity index (χ0v) is 20.2. The number of nitrogens with zero attached hydrogens (tertiary/aromatic N) is 3. The molecule has 1 atom stereocenters. The highest BCUT2D eigenvalue weighted by atomic mass is 32.1. The number of alkyl halides is 3. The Kier molecular flexibility index (Phi) is 6.38. The normalized spacial score (nSPS) is 14.7. The number of ketones is 1. The van der Waals surface area contributed by atoms with Gasteiger partial charge in [-0.3, -0.25) is 9.59 Å². The van der Waals surface area contributed by atoms with Gasteiger partial charge in [0, 0.05) is 23.5 Å². The van der Waals surface area contributed by atoms with E-state index in [1.54, 1.807) is 36.0 Å². The van der Waals surface area contributed by atoms with Gasteiger partial charge in [-0.1, -0.05) is 25.1 Å². The molecule has 2 heterocycles. The maximum atomic E-state index is 13.2. The SMILES string of the molecule is CC(C(=O)Cc1nc2cc(NC(=O)c3cscn3)ccc2n1CC1CC1)c1cccc(C(F)(F)F)c1. The van der Waals surface area contributed by atoms with E-state index in [0.717, 1.165) is 37.0 Å². The predicted octanol–water partition coefficient (Wildman–Crippen LogP) is 6.09. The lowest BCUT2D eigenvalue weighted by atomic mass is 9.93. The van der Waals surface area contributed by atoms with E-state index in [4.69, 9.17) is 4.98 Å². The van der Waals surface area contributed by atoms with Crippen LogP contribution in [0.25, 0.3) is 11.0 Å². The average molecular weight is 513 g/mol. The number of nitrogens with one attached hydrogen (secondary N) is 1. The fourth-order valence-corrected chi connectivity index (χ4v) is 4.69. The second-order valence-electron chi connectivity index (χ2n) is 9.10. The van der Waals surface area contributed by atoms with Gasteiger partial charge in [0.05, 0.1) is 28.5 Å². The number of hydrogen-bond donors (Lipinski definition) is 1. The van der Waals surface area contributed by atoms with Crippen molar-refractivity contribution in [3.05, 3.63) is 76.0 Å². The molecule has 6 nitrogen and oxygen atoms in total. The Labute approximate surface area is 209 Å². The molecule has 10 heteroatoms. The number of amides is 1. The van der Waals surface area contributed by atoms with Crippen LogP contribution in [0.5, 0.6) is 0 Å². The monoisotopic (exact) mass is 512 g/mol. The van der Waals surface area contributed by atoms with Crippen molar-refractivity contribution < 1.29 is 22.8 Å². The van der Waals surface area contributed by atoms with Crippen LogP contribution in [0.4, 0.5) is 18.9 Å². The molecule has 0 spiro atoms. The van der Waals surface area contributed by atoms with Gasteiger partial charge in [0.1, 0.15) is 17.3 Å². The number of carbonyl (C=O) groups is 2. The van der Waals surface area contributed by atoms with Gasteiger partial charge in [-0.15, -0.1) is 11.3 Å². The first-order valence-corrected chi connectivity index (χ1v) is 12.5. The van der Waals surface area contributed by atoms with E-state index in [1.807, 2.05) is 10.6 Å². The second-order valence-corrected chi connectivity index (χ2v) is 9.82. The Morgan fingerprint density at radius 1 is 1.19 bits per heavy atom. The van der Waals surface area contributed by atoms with Crippen molar-refractivity contribution in [3.8, 4) is 0 Å². The molecule has 1 amide bonds. The van der Waals surface area contributed by atoms with Crippen molar-refractivity contribution in [1.29, 1.82) is 0 Å². The largest absolute Gasteiger partial charge is 0.416 e. The minimum atomic E-state index is -4.47. The molecule has 36 heavy (non-hydrogen) atoms. The van der Waals surface area contributed by atoms with E-state index in [1.165, 1.54) is 17.4 Å². The molecule has 1 aliphatic rings. The van der Waals surface area contributed by atoms with Crippen LogP contribution in [0.2, 0.25) is 0 Å². The molecule has 1 aliphatic carbocycles. The fraction of sp³-hybridized carbons (Fsp3) is 0.308. The number of aromatic nitrogens is 3. The third-order valence-corrected chi connectivity index (χ3v) is 7.00. The minimum Gasteiger partial charge on any atom is -0.327 e. The number of anilines is 1. The van der Waals surface area contributed by atoms with Gasteiger partial charge in [-0.25, -0.2) is 9.97 Å². The number of halogens is 3. The average Bonchev–Trinajstić information content (AvgIpc) is 3.36. The standard InChI is InChI=1S/C26H23F3N4O2S/c1-15(17-3-2-4-18(9-17)26(27,28)29)23(34)11-24-32-20-10-19(31-25(35)21-13-36-14-30-21)7-8-22(20)33(24)12-16-5-6-16/h2-4,7-10,13-16H,5-6,11-12H2,1H3,(H,31,35). The van der Waals surface area contributed by atoms with Gasteiger partial charge in [-0.2, -0.15) is 13.2 Å². The van der Waals surface area contributed by atoms with Gasteiger partial charge in [0.2, 0.25) is 0 Å². The molecular weight excluding hydrogens is 489 g/mol. The second kappa shape index (κ2) is 9.50. The highest BCUT2D eigenvalue weighted by Crippen LogP contribution is 2.34. The smallest absolute Gasteiger partial charge is 0.327 e. The molecule has 1 saturated carbocycles. The highest BCUT2D eigenvalue weighted by Gasteiger charge is 2.31. The number of fused-ring (bicyclic) bond motifs is 1. The Bertz CT molecular complexity index is 1420. The minimum absolute atomic E-state index is 0.000666. The van der Waals surface area contributed by atoms with Crippen LogP contribution in [0.3, 0.4) is 0 Å².